The number of aromatic nitrogens is 2. The van der Waals surface area contributed by atoms with E-state index in [2.05, 4.69) is 23.7 Å². The first-order valence-electron chi connectivity index (χ1n) is 6.03. The van der Waals surface area contributed by atoms with Crippen molar-refractivity contribution in [2.75, 3.05) is 12.9 Å². The number of methoxy groups -OCH3 is 1. The molecule has 1 aromatic heterocycles. The van der Waals surface area contributed by atoms with E-state index in [4.69, 9.17) is 5.73 Å². The summed E-state index contributed by atoms with van der Waals surface area (Å²) in [7, 11) is 1.35. The molecule has 5 nitrogen and oxygen atoms in total. The van der Waals surface area contributed by atoms with Crippen molar-refractivity contribution < 1.29 is 9.53 Å². The van der Waals surface area contributed by atoms with E-state index < -0.39 is 6.04 Å². The number of nitrogens with zero attached hydrogens (tertiary/aromatic N) is 2. The molecular weight excluding hydrogens is 250 g/mol. The second-order valence-corrected chi connectivity index (χ2v) is 5.22. The second-order valence-electron chi connectivity index (χ2n) is 4.19. The Balaban J connectivity index is 2.36. The van der Waals surface area contributed by atoms with Gasteiger partial charge < -0.3 is 10.5 Å². The zero-order chi connectivity index (χ0) is 13.5. The van der Waals surface area contributed by atoms with Crippen LogP contribution < -0.4 is 5.73 Å². The van der Waals surface area contributed by atoms with Crippen LogP contribution in [0.5, 0.6) is 0 Å². The van der Waals surface area contributed by atoms with Crippen LogP contribution in [0.2, 0.25) is 0 Å². The van der Waals surface area contributed by atoms with Crippen molar-refractivity contribution in [1.82, 2.24) is 9.78 Å². The molecule has 0 aromatic carbocycles. The highest BCUT2D eigenvalue weighted by atomic mass is 32.2. The second kappa shape index (κ2) is 7.43. The van der Waals surface area contributed by atoms with Gasteiger partial charge in [0.15, 0.2) is 0 Å². The molecule has 18 heavy (non-hydrogen) atoms. The maximum atomic E-state index is 11.1. The summed E-state index contributed by atoms with van der Waals surface area (Å²) >= 11 is 1.59. The Morgan fingerprint density at radius 2 is 2.39 bits per heavy atom. The molecule has 2 atom stereocenters. The highest BCUT2D eigenvalue weighted by Crippen LogP contribution is 2.14. The number of thioether (sulfide) groups is 1. The first kappa shape index (κ1) is 15.0. The van der Waals surface area contributed by atoms with Crippen molar-refractivity contribution in [3.63, 3.8) is 0 Å². The number of ether oxygens (including phenoxy) is 1. The molecule has 0 aliphatic carbocycles. The van der Waals surface area contributed by atoms with E-state index in [1.807, 2.05) is 16.9 Å². The number of carbonyl (C=O) groups excluding carboxylic acids is 1. The maximum absolute atomic E-state index is 11.1. The Hall–Kier alpha value is -1.01. The minimum atomic E-state index is -0.559. The molecule has 0 radical (unpaired) electrons. The largest absolute Gasteiger partial charge is 0.468 e. The van der Waals surface area contributed by atoms with Gasteiger partial charge >= 0.3 is 5.97 Å². The number of carbonyl (C=O) groups is 1. The molecule has 0 aliphatic rings. The molecule has 1 heterocycles. The van der Waals surface area contributed by atoms with Crippen LogP contribution >= 0.6 is 11.8 Å². The minimum Gasteiger partial charge on any atom is -0.468 e. The topological polar surface area (TPSA) is 70.1 Å². The molecule has 0 saturated heterocycles. The van der Waals surface area contributed by atoms with Crippen molar-refractivity contribution in [3.05, 3.63) is 18.0 Å². The SMILES string of the molecule is CCC(C)n1ccc(CSCC(N)C(=O)OC)n1. The van der Waals surface area contributed by atoms with Gasteiger partial charge in [0.05, 0.1) is 12.8 Å². The maximum Gasteiger partial charge on any atom is 0.323 e. The number of nitrogens with two attached hydrogens (primary N) is 1. The Bertz CT molecular complexity index is 381. The van der Waals surface area contributed by atoms with Crippen LogP contribution in [0.4, 0.5) is 0 Å². The fraction of sp³-hybridized carbons (Fsp3) is 0.667. The molecule has 0 aliphatic heterocycles. The molecule has 1 aromatic rings. The Morgan fingerprint density at radius 3 is 3.00 bits per heavy atom. The summed E-state index contributed by atoms with van der Waals surface area (Å²) in [5.41, 5.74) is 6.66. The van der Waals surface area contributed by atoms with Crippen LogP contribution in [0, 0.1) is 0 Å². The Labute approximate surface area is 112 Å². The molecule has 2 N–H and O–H groups in total. The summed E-state index contributed by atoms with van der Waals surface area (Å²) in [6.45, 7) is 4.27. The van der Waals surface area contributed by atoms with Crippen LogP contribution in [0.1, 0.15) is 32.0 Å². The molecule has 2 unspecified atom stereocenters. The van der Waals surface area contributed by atoms with Crippen molar-refractivity contribution in [1.29, 1.82) is 0 Å². The average molecular weight is 271 g/mol. The standard InChI is InChI=1S/C12H21N3O2S/c1-4-9(2)15-6-5-10(14-15)7-18-8-11(13)12(16)17-3/h5-6,9,11H,4,7-8,13H2,1-3H3. The molecule has 1 rings (SSSR count). The monoisotopic (exact) mass is 271 g/mol. The molecular formula is C12H21N3O2S. The van der Waals surface area contributed by atoms with Gasteiger partial charge in [0.2, 0.25) is 0 Å². The van der Waals surface area contributed by atoms with Crippen LogP contribution in [0.3, 0.4) is 0 Å². The highest BCUT2D eigenvalue weighted by molar-refractivity contribution is 7.98. The molecule has 0 saturated carbocycles. The van der Waals surface area contributed by atoms with Gasteiger partial charge in [-0.3, -0.25) is 9.48 Å². The minimum absolute atomic E-state index is 0.368. The highest BCUT2D eigenvalue weighted by Gasteiger charge is 2.13. The summed E-state index contributed by atoms with van der Waals surface area (Å²) < 4.78 is 6.54. The zero-order valence-electron chi connectivity index (χ0n) is 11.1. The predicted molar refractivity (Wildman–Crippen MR) is 73.4 cm³/mol. The molecule has 0 bridgehead atoms. The van der Waals surface area contributed by atoms with Crippen molar-refractivity contribution in [3.8, 4) is 0 Å². The van der Waals surface area contributed by atoms with E-state index in [1.54, 1.807) is 11.8 Å². The van der Waals surface area contributed by atoms with E-state index in [0.29, 0.717) is 11.8 Å². The van der Waals surface area contributed by atoms with Gasteiger partial charge in [0.25, 0.3) is 0 Å². The Kier molecular flexibility index (Phi) is 6.21. The third-order valence-electron chi connectivity index (χ3n) is 2.76. The lowest BCUT2D eigenvalue weighted by molar-refractivity contribution is -0.141. The van der Waals surface area contributed by atoms with Gasteiger partial charge in [-0.05, 0) is 19.4 Å². The van der Waals surface area contributed by atoms with Crippen LogP contribution in [0.25, 0.3) is 0 Å². The molecule has 0 fully saturated rings. The zero-order valence-corrected chi connectivity index (χ0v) is 11.9. The smallest absolute Gasteiger partial charge is 0.323 e. The average Bonchev–Trinajstić information content (AvgIpc) is 2.85. The van der Waals surface area contributed by atoms with Gasteiger partial charge in [0.1, 0.15) is 6.04 Å². The summed E-state index contributed by atoms with van der Waals surface area (Å²) in [5, 5.41) is 4.48. The fourth-order valence-electron chi connectivity index (χ4n) is 1.40. The van der Waals surface area contributed by atoms with E-state index in [1.165, 1.54) is 7.11 Å². The van der Waals surface area contributed by atoms with Crippen LogP contribution in [-0.4, -0.2) is 34.7 Å². The number of esters is 1. The lowest BCUT2D eigenvalue weighted by Gasteiger charge is -2.09. The lowest BCUT2D eigenvalue weighted by atomic mass is 10.3. The van der Waals surface area contributed by atoms with Crippen molar-refractivity contribution in [2.45, 2.75) is 38.1 Å². The first-order chi connectivity index (χ1) is 8.58. The van der Waals surface area contributed by atoms with Gasteiger partial charge in [-0.2, -0.15) is 16.9 Å². The quantitative estimate of drug-likeness (QED) is 0.763. The summed E-state index contributed by atoms with van der Waals surface area (Å²) in [6.07, 6.45) is 3.05. The fourth-order valence-corrected chi connectivity index (χ4v) is 2.27. The summed E-state index contributed by atoms with van der Waals surface area (Å²) in [4.78, 5) is 11.1. The van der Waals surface area contributed by atoms with Gasteiger partial charge in [0, 0.05) is 23.7 Å². The van der Waals surface area contributed by atoms with E-state index in [9.17, 15) is 4.79 Å². The molecule has 0 spiro atoms. The number of rotatable bonds is 7. The third kappa shape index (κ3) is 4.34. The molecule has 6 heteroatoms. The van der Waals surface area contributed by atoms with Crippen molar-refractivity contribution >= 4 is 17.7 Å². The summed E-state index contributed by atoms with van der Waals surface area (Å²) in [6, 6.07) is 1.86. The lowest BCUT2D eigenvalue weighted by Crippen LogP contribution is -2.33. The van der Waals surface area contributed by atoms with Gasteiger partial charge in [-0.1, -0.05) is 6.92 Å². The number of hydrogen-bond donors (Lipinski definition) is 1. The third-order valence-corrected chi connectivity index (χ3v) is 3.85. The molecule has 0 amide bonds. The van der Waals surface area contributed by atoms with Crippen LogP contribution in [0.15, 0.2) is 12.3 Å². The van der Waals surface area contributed by atoms with E-state index in [-0.39, 0.29) is 5.97 Å². The normalized spacial score (nSPS) is 14.2. The van der Waals surface area contributed by atoms with Crippen LogP contribution in [-0.2, 0) is 15.3 Å². The Morgan fingerprint density at radius 1 is 1.67 bits per heavy atom. The van der Waals surface area contributed by atoms with Gasteiger partial charge in [-0.25, -0.2) is 0 Å². The predicted octanol–water partition coefficient (Wildman–Crippen LogP) is 1.59. The number of hydrogen-bond acceptors (Lipinski definition) is 5. The van der Waals surface area contributed by atoms with E-state index in [0.717, 1.165) is 17.9 Å². The first-order valence-corrected chi connectivity index (χ1v) is 7.19. The van der Waals surface area contributed by atoms with Gasteiger partial charge in [-0.15, -0.1) is 0 Å². The van der Waals surface area contributed by atoms with E-state index >= 15 is 0 Å². The summed E-state index contributed by atoms with van der Waals surface area (Å²) in [5.74, 6) is 0.935. The van der Waals surface area contributed by atoms with Crippen molar-refractivity contribution in [2.24, 2.45) is 5.73 Å². The molecule has 102 valence electrons.